The van der Waals surface area contributed by atoms with Gasteiger partial charge >= 0.3 is 7.12 Å². The van der Waals surface area contributed by atoms with Gasteiger partial charge in [-0.05, 0) is 6.92 Å². The van der Waals surface area contributed by atoms with E-state index >= 15 is 0 Å². The van der Waals surface area contributed by atoms with Gasteiger partial charge in [0.2, 0.25) is 0 Å². The first-order valence-corrected chi connectivity index (χ1v) is 8.26. The van der Waals surface area contributed by atoms with E-state index in [1.807, 2.05) is 6.92 Å². The second-order valence-corrected chi connectivity index (χ2v) is 9.58. The Morgan fingerprint density at radius 3 is 1.86 bits per heavy atom. The number of hydrogen-bond donors (Lipinski definition) is 0. The van der Waals surface area contributed by atoms with E-state index in [1.165, 1.54) is 5.10 Å². The first kappa shape index (κ1) is 13.7. The van der Waals surface area contributed by atoms with E-state index in [1.54, 1.807) is 14.2 Å². The highest BCUT2D eigenvalue weighted by Gasteiger charge is 2.31. The molecule has 0 aliphatic carbocycles. The number of rotatable bonds is 5. The summed E-state index contributed by atoms with van der Waals surface area (Å²) in [6.07, 6.45) is 2.09. The van der Waals surface area contributed by atoms with Crippen molar-refractivity contribution in [2.24, 2.45) is 0 Å². The molecule has 80 valence electrons. The molecule has 0 unspecified atom stereocenters. The Balaban J connectivity index is 5.00. The summed E-state index contributed by atoms with van der Waals surface area (Å²) in [4.78, 5) is 0. The maximum Gasteiger partial charge on any atom is 0.485 e. The second-order valence-electron chi connectivity index (χ2n) is 4.50. The summed E-state index contributed by atoms with van der Waals surface area (Å²) in [7, 11) is 1.71. The first-order valence-electron chi connectivity index (χ1n) is 4.76. The van der Waals surface area contributed by atoms with Crippen LogP contribution in [0, 0.1) is 0 Å². The lowest BCUT2D eigenvalue weighted by atomic mass is 9.88. The largest absolute Gasteiger partial charge is 0.485 e. The van der Waals surface area contributed by atoms with Crippen LogP contribution >= 0.6 is 0 Å². The van der Waals surface area contributed by atoms with Gasteiger partial charge in [-0.15, -0.1) is 0 Å². The Morgan fingerprint density at radius 2 is 1.64 bits per heavy atom. The van der Waals surface area contributed by atoms with E-state index in [4.69, 9.17) is 9.31 Å². The van der Waals surface area contributed by atoms with Gasteiger partial charge in [0, 0.05) is 14.2 Å². The van der Waals surface area contributed by atoms with E-state index in [-0.39, 0.29) is 7.12 Å². The Morgan fingerprint density at radius 1 is 1.21 bits per heavy atom. The van der Waals surface area contributed by atoms with Gasteiger partial charge in [-0.3, -0.25) is 0 Å². The molecule has 0 rings (SSSR count). The van der Waals surface area contributed by atoms with Gasteiger partial charge in [0.25, 0.3) is 0 Å². The van der Waals surface area contributed by atoms with Crippen molar-refractivity contribution < 1.29 is 9.31 Å². The van der Waals surface area contributed by atoms with Gasteiger partial charge in [0.05, 0.1) is 8.07 Å². The topological polar surface area (TPSA) is 18.5 Å². The third kappa shape index (κ3) is 4.26. The van der Waals surface area contributed by atoms with Crippen LogP contribution in [0.1, 0.15) is 6.92 Å². The van der Waals surface area contributed by atoms with Gasteiger partial charge in [-0.1, -0.05) is 43.0 Å². The zero-order valence-electron chi connectivity index (χ0n) is 10.2. The van der Waals surface area contributed by atoms with Gasteiger partial charge in [-0.2, -0.15) is 0 Å². The number of allylic oxidation sites excluding steroid dienone is 2. The van der Waals surface area contributed by atoms with Crippen molar-refractivity contribution in [3.05, 3.63) is 23.3 Å². The standard InChI is InChI=1S/C10H21BO2Si/c1-9(2)8-10(14(5,6)7)11(12-3)13-4/h8H,1H2,2-7H3/b10-8+. The molecule has 0 bridgehead atoms. The van der Waals surface area contributed by atoms with E-state index in [2.05, 4.69) is 32.3 Å². The molecule has 0 aromatic rings. The Hall–Kier alpha value is -0.318. The minimum atomic E-state index is -1.40. The highest BCUT2D eigenvalue weighted by molar-refractivity contribution is 6.95. The van der Waals surface area contributed by atoms with Crippen molar-refractivity contribution >= 4 is 15.2 Å². The van der Waals surface area contributed by atoms with E-state index in [0.29, 0.717) is 0 Å². The highest BCUT2D eigenvalue weighted by Crippen LogP contribution is 2.19. The molecule has 0 atom stereocenters. The monoisotopic (exact) mass is 212 g/mol. The highest BCUT2D eigenvalue weighted by atomic mass is 28.3. The number of hydrogen-bond acceptors (Lipinski definition) is 2. The minimum Gasteiger partial charge on any atom is -0.411 e. The first-order chi connectivity index (χ1) is 6.32. The summed E-state index contributed by atoms with van der Waals surface area (Å²) in [6.45, 7) is 12.7. The molecule has 0 amide bonds. The van der Waals surface area contributed by atoms with Crippen LogP contribution in [0.2, 0.25) is 19.6 Å². The van der Waals surface area contributed by atoms with Crippen LogP contribution in [0.25, 0.3) is 0 Å². The zero-order chi connectivity index (χ0) is 11.4. The second kappa shape index (κ2) is 5.54. The van der Waals surface area contributed by atoms with Crippen molar-refractivity contribution in [3.8, 4) is 0 Å². The predicted octanol–water partition coefficient (Wildman–Crippen LogP) is 2.69. The Bertz CT molecular complexity index is 227. The molecule has 14 heavy (non-hydrogen) atoms. The van der Waals surface area contributed by atoms with Crippen LogP contribution in [0.4, 0.5) is 0 Å². The molecule has 0 fully saturated rings. The fraction of sp³-hybridized carbons (Fsp3) is 0.600. The molecule has 0 aromatic carbocycles. The molecule has 0 radical (unpaired) electrons. The maximum atomic E-state index is 5.29. The van der Waals surface area contributed by atoms with Crippen LogP contribution in [0.15, 0.2) is 23.3 Å². The van der Waals surface area contributed by atoms with Gasteiger partial charge in [-0.25, -0.2) is 0 Å². The molecule has 2 nitrogen and oxygen atoms in total. The van der Waals surface area contributed by atoms with Crippen molar-refractivity contribution in [2.45, 2.75) is 26.6 Å². The minimum absolute atomic E-state index is 0.224. The summed E-state index contributed by atoms with van der Waals surface area (Å²) < 4.78 is 10.6. The lowest BCUT2D eigenvalue weighted by Gasteiger charge is -2.24. The van der Waals surface area contributed by atoms with Crippen LogP contribution in [0.3, 0.4) is 0 Å². The fourth-order valence-corrected chi connectivity index (χ4v) is 2.88. The molecular weight excluding hydrogens is 191 g/mol. The smallest absolute Gasteiger partial charge is 0.411 e. The summed E-state index contributed by atoms with van der Waals surface area (Å²) in [5.74, 6) is 0. The maximum absolute atomic E-state index is 5.29. The molecule has 0 heterocycles. The molecule has 4 heteroatoms. The molecule has 0 N–H and O–H groups in total. The van der Waals surface area contributed by atoms with E-state index in [9.17, 15) is 0 Å². The van der Waals surface area contributed by atoms with Crippen molar-refractivity contribution in [3.63, 3.8) is 0 Å². The average molecular weight is 212 g/mol. The van der Waals surface area contributed by atoms with Gasteiger partial charge in [0.1, 0.15) is 0 Å². The summed E-state index contributed by atoms with van der Waals surface area (Å²) in [6, 6.07) is 0. The van der Waals surface area contributed by atoms with Crippen LogP contribution in [0.5, 0.6) is 0 Å². The lowest BCUT2D eigenvalue weighted by Crippen LogP contribution is -2.38. The SMILES string of the molecule is C=C(C)/C=C(\B(OC)OC)[Si](C)(C)C. The van der Waals surface area contributed by atoms with E-state index in [0.717, 1.165) is 5.57 Å². The third-order valence-corrected chi connectivity index (χ3v) is 4.06. The quantitative estimate of drug-likeness (QED) is 0.515. The van der Waals surface area contributed by atoms with Crippen LogP contribution in [-0.2, 0) is 9.31 Å². The summed E-state index contributed by atoms with van der Waals surface area (Å²) in [5.41, 5.74) is 1.04. The fourth-order valence-electron chi connectivity index (χ4n) is 1.25. The van der Waals surface area contributed by atoms with Crippen molar-refractivity contribution in [1.29, 1.82) is 0 Å². The van der Waals surface area contributed by atoms with E-state index < -0.39 is 8.07 Å². The summed E-state index contributed by atoms with van der Waals surface area (Å²) >= 11 is 0. The van der Waals surface area contributed by atoms with Gasteiger partial charge in [0.15, 0.2) is 0 Å². The lowest BCUT2D eigenvalue weighted by molar-refractivity contribution is 0.289. The van der Waals surface area contributed by atoms with Crippen molar-refractivity contribution in [2.75, 3.05) is 14.2 Å². The Kier molecular flexibility index (Phi) is 5.41. The van der Waals surface area contributed by atoms with Crippen LogP contribution < -0.4 is 0 Å². The Labute approximate surface area is 89.1 Å². The normalized spacial score (nSPS) is 12.9. The molecule has 0 aliphatic heterocycles. The summed E-state index contributed by atoms with van der Waals surface area (Å²) in [5, 5.41) is 1.25. The molecule has 0 saturated heterocycles. The average Bonchev–Trinajstić information content (AvgIpc) is 2.02. The van der Waals surface area contributed by atoms with Crippen LogP contribution in [-0.4, -0.2) is 29.4 Å². The molecular formula is C10H21BO2Si. The molecule has 0 saturated carbocycles. The van der Waals surface area contributed by atoms with Gasteiger partial charge < -0.3 is 9.31 Å². The zero-order valence-corrected chi connectivity index (χ0v) is 11.2. The molecule has 0 aliphatic rings. The predicted molar refractivity (Wildman–Crippen MR) is 66.0 cm³/mol. The van der Waals surface area contributed by atoms with Crippen molar-refractivity contribution in [1.82, 2.24) is 0 Å². The third-order valence-electron chi connectivity index (χ3n) is 1.95. The molecule has 0 spiro atoms. The molecule has 0 aromatic heterocycles.